The van der Waals surface area contributed by atoms with Gasteiger partial charge in [0.1, 0.15) is 12.4 Å². The molecule has 0 atom stereocenters. The maximum absolute atomic E-state index is 12.3. The van der Waals surface area contributed by atoms with Gasteiger partial charge in [0.05, 0.1) is 15.6 Å². The lowest BCUT2D eigenvalue weighted by atomic mass is 10.1. The molecule has 0 radical (unpaired) electrons. The zero-order valence-corrected chi connectivity index (χ0v) is 19.7. The Balaban J connectivity index is 1.42. The van der Waals surface area contributed by atoms with Crippen LogP contribution in [0.3, 0.4) is 0 Å². The van der Waals surface area contributed by atoms with E-state index in [0.29, 0.717) is 12.4 Å². The van der Waals surface area contributed by atoms with Crippen LogP contribution in [0, 0.1) is 6.92 Å². The lowest BCUT2D eigenvalue weighted by molar-refractivity contribution is 0.305. The van der Waals surface area contributed by atoms with Crippen LogP contribution in [-0.2, 0) is 16.6 Å². The first-order valence-electron chi connectivity index (χ1n) is 9.93. The number of nitrogens with one attached hydrogen (secondary N) is 1. The van der Waals surface area contributed by atoms with Crippen LogP contribution in [0.15, 0.2) is 99.4 Å². The summed E-state index contributed by atoms with van der Waals surface area (Å²) in [5.41, 5.74) is 2.81. The number of ether oxygens (including phenoxy) is 1. The fraction of sp³-hybridized carbons (Fsp3) is 0.0800. The molecule has 0 heterocycles. The van der Waals surface area contributed by atoms with Crippen molar-refractivity contribution in [2.75, 3.05) is 0 Å². The highest BCUT2D eigenvalue weighted by Crippen LogP contribution is 2.27. The predicted octanol–water partition coefficient (Wildman–Crippen LogP) is 5.80. The number of benzene rings is 4. The van der Waals surface area contributed by atoms with Gasteiger partial charge in [-0.1, -0.05) is 60.2 Å². The van der Waals surface area contributed by atoms with E-state index in [1.54, 1.807) is 24.3 Å². The van der Waals surface area contributed by atoms with Gasteiger partial charge < -0.3 is 4.74 Å². The summed E-state index contributed by atoms with van der Waals surface area (Å²) in [6.07, 6.45) is 1.45. The van der Waals surface area contributed by atoms with Crippen molar-refractivity contribution in [1.29, 1.82) is 0 Å². The van der Waals surface area contributed by atoms with Crippen molar-refractivity contribution >= 4 is 42.9 Å². The molecule has 4 aromatic carbocycles. The van der Waals surface area contributed by atoms with Crippen molar-refractivity contribution in [3.05, 3.63) is 106 Å². The fourth-order valence-corrected chi connectivity index (χ4v) is 4.53. The first kappa shape index (κ1) is 22.0. The highest BCUT2D eigenvalue weighted by atomic mass is 79.9. The molecule has 0 spiro atoms. The first-order valence-corrected chi connectivity index (χ1v) is 12.2. The second-order valence-corrected chi connectivity index (χ2v) is 9.80. The Morgan fingerprint density at radius 2 is 1.72 bits per heavy atom. The minimum atomic E-state index is -3.71. The maximum Gasteiger partial charge on any atom is 0.276 e. The van der Waals surface area contributed by atoms with E-state index in [2.05, 4.69) is 50.1 Å². The standard InChI is InChI=1S/C25H21BrN2O3S/c1-18-9-12-22(13-10-18)32(29,30)28-27-16-19-11-14-25(24(26)15-19)31-17-21-7-4-6-20-5-2-3-8-23(20)21/h2-16,28H,17H2,1H3/b27-16-. The van der Waals surface area contributed by atoms with Gasteiger partial charge in [-0.05, 0) is 75.1 Å². The average Bonchev–Trinajstić information content (AvgIpc) is 2.79. The summed E-state index contributed by atoms with van der Waals surface area (Å²) in [5.74, 6) is 0.690. The van der Waals surface area contributed by atoms with Gasteiger partial charge in [0.15, 0.2) is 0 Å². The van der Waals surface area contributed by atoms with Crippen LogP contribution in [-0.4, -0.2) is 14.6 Å². The van der Waals surface area contributed by atoms with Gasteiger partial charge in [0.25, 0.3) is 10.0 Å². The Hall–Kier alpha value is -3.16. The van der Waals surface area contributed by atoms with Gasteiger partial charge in [-0.2, -0.15) is 13.5 Å². The highest BCUT2D eigenvalue weighted by molar-refractivity contribution is 9.10. The molecule has 4 rings (SSSR count). The molecule has 0 fully saturated rings. The van der Waals surface area contributed by atoms with Gasteiger partial charge >= 0.3 is 0 Å². The predicted molar refractivity (Wildman–Crippen MR) is 132 cm³/mol. The molecule has 7 heteroatoms. The van der Waals surface area contributed by atoms with Gasteiger partial charge in [-0.15, -0.1) is 0 Å². The van der Waals surface area contributed by atoms with Gasteiger partial charge in [0, 0.05) is 0 Å². The van der Waals surface area contributed by atoms with Crippen molar-refractivity contribution in [1.82, 2.24) is 4.83 Å². The number of rotatable bonds is 7. The molecule has 1 N–H and O–H groups in total. The van der Waals surface area contributed by atoms with Crippen LogP contribution >= 0.6 is 15.9 Å². The second-order valence-electron chi connectivity index (χ2n) is 7.28. The van der Waals surface area contributed by atoms with E-state index < -0.39 is 10.0 Å². The van der Waals surface area contributed by atoms with Crippen LogP contribution < -0.4 is 9.57 Å². The van der Waals surface area contributed by atoms with Gasteiger partial charge in [0.2, 0.25) is 0 Å². The zero-order valence-electron chi connectivity index (χ0n) is 17.3. The molecule has 32 heavy (non-hydrogen) atoms. The van der Waals surface area contributed by atoms with Crippen LogP contribution in [0.2, 0.25) is 0 Å². The Labute approximate surface area is 195 Å². The van der Waals surface area contributed by atoms with Crippen molar-refractivity contribution < 1.29 is 13.2 Å². The molecule has 0 aliphatic carbocycles. The number of aryl methyl sites for hydroxylation is 1. The number of halogens is 1. The minimum Gasteiger partial charge on any atom is -0.488 e. The summed E-state index contributed by atoms with van der Waals surface area (Å²) >= 11 is 3.52. The van der Waals surface area contributed by atoms with Crippen LogP contribution in [0.25, 0.3) is 10.8 Å². The Bertz CT molecular complexity index is 1380. The van der Waals surface area contributed by atoms with Crippen molar-refractivity contribution in [3.63, 3.8) is 0 Å². The molecule has 0 saturated carbocycles. The summed E-state index contributed by atoms with van der Waals surface area (Å²) in [4.78, 5) is 2.40. The molecule has 0 aliphatic heterocycles. The van der Waals surface area contributed by atoms with Crippen molar-refractivity contribution in [2.45, 2.75) is 18.4 Å². The van der Waals surface area contributed by atoms with E-state index in [1.807, 2.05) is 43.3 Å². The summed E-state index contributed by atoms with van der Waals surface area (Å²) in [6, 6.07) is 26.4. The lowest BCUT2D eigenvalue weighted by Gasteiger charge is -2.11. The van der Waals surface area contributed by atoms with Crippen molar-refractivity contribution in [3.8, 4) is 5.75 Å². The molecule has 0 bridgehead atoms. The molecule has 0 unspecified atom stereocenters. The number of fused-ring (bicyclic) bond motifs is 1. The molecule has 5 nitrogen and oxygen atoms in total. The highest BCUT2D eigenvalue weighted by Gasteiger charge is 2.12. The van der Waals surface area contributed by atoms with Crippen LogP contribution in [0.5, 0.6) is 5.75 Å². The van der Waals surface area contributed by atoms with E-state index in [4.69, 9.17) is 4.74 Å². The quantitative estimate of drug-likeness (QED) is 0.253. The molecule has 4 aromatic rings. The number of nitrogens with zero attached hydrogens (tertiary/aromatic N) is 1. The monoisotopic (exact) mass is 508 g/mol. The minimum absolute atomic E-state index is 0.165. The Morgan fingerprint density at radius 1 is 0.969 bits per heavy atom. The first-order chi connectivity index (χ1) is 15.4. The smallest absolute Gasteiger partial charge is 0.276 e. The van der Waals surface area contributed by atoms with E-state index in [0.717, 1.165) is 26.5 Å². The van der Waals surface area contributed by atoms with Crippen molar-refractivity contribution in [2.24, 2.45) is 5.10 Å². The van der Waals surface area contributed by atoms with Gasteiger partial charge in [-0.3, -0.25) is 0 Å². The third-order valence-electron chi connectivity index (χ3n) is 4.94. The molecule has 0 amide bonds. The molecule has 0 saturated heterocycles. The fourth-order valence-electron chi connectivity index (χ4n) is 3.23. The molecule has 162 valence electrons. The van der Waals surface area contributed by atoms with Crippen LogP contribution in [0.1, 0.15) is 16.7 Å². The lowest BCUT2D eigenvalue weighted by Crippen LogP contribution is -2.18. The third-order valence-corrected chi connectivity index (χ3v) is 6.80. The van der Waals surface area contributed by atoms with E-state index in [9.17, 15) is 8.42 Å². The second kappa shape index (κ2) is 9.54. The summed E-state index contributed by atoms with van der Waals surface area (Å²) in [5, 5.41) is 6.22. The topological polar surface area (TPSA) is 67.8 Å². The molecule has 0 aromatic heterocycles. The van der Waals surface area contributed by atoms with E-state index in [-0.39, 0.29) is 4.90 Å². The molecule has 0 aliphatic rings. The summed E-state index contributed by atoms with van der Waals surface area (Å²) in [6.45, 7) is 2.33. The van der Waals surface area contributed by atoms with Crippen LogP contribution in [0.4, 0.5) is 0 Å². The average molecular weight is 509 g/mol. The van der Waals surface area contributed by atoms with E-state index in [1.165, 1.54) is 11.6 Å². The largest absolute Gasteiger partial charge is 0.488 e. The summed E-state index contributed by atoms with van der Waals surface area (Å²) in [7, 11) is -3.71. The van der Waals surface area contributed by atoms with E-state index >= 15 is 0 Å². The number of hydrazone groups is 1. The van der Waals surface area contributed by atoms with Gasteiger partial charge in [-0.25, -0.2) is 4.83 Å². The summed E-state index contributed by atoms with van der Waals surface area (Å²) < 4.78 is 31.4. The maximum atomic E-state index is 12.3. The molecular weight excluding hydrogens is 488 g/mol. The number of hydrogen-bond donors (Lipinski definition) is 1. The Kier molecular flexibility index (Phi) is 6.58. The normalized spacial score (nSPS) is 11.7. The molecular formula is C25H21BrN2O3S. The SMILES string of the molecule is Cc1ccc(S(=O)(=O)N/N=C\c2ccc(OCc3cccc4ccccc34)c(Br)c2)cc1. The zero-order chi connectivity index (χ0) is 22.6. The number of hydrogen-bond acceptors (Lipinski definition) is 4. The number of sulfonamides is 1. The Morgan fingerprint density at radius 3 is 2.50 bits per heavy atom. The third kappa shape index (κ3) is 5.18.